The molecule has 3 aromatic rings. The van der Waals surface area contributed by atoms with Crippen molar-refractivity contribution < 1.29 is 19.1 Å². The maximum Gasteiger partial charge on any atom is 0.408 e. The summed E-state index contributed by atoms with van der Waals surface area (Å²) in [6.45, 7) is 11.8. The van der Waals surface area contributed by atoms with Crippen molar-refractivity contribution >= 4 is 17.9 Å². The van der Waals surface area contributed by atoms with E-state index in [0.717, 1.165) is 17.7 Å². The van der Waals surface area contributed by atoms with Crippen molar-refractivity contribution in [3.05, 3.63) is 108 Å². The van der Waals surface area contributed by atoms with Crippen molar-refractivity contribution in [1.82, 2.24) is 20.4 Å². The fourth-order valence-corrected chi connectivity index (χ4v) is 6.14. The van der Waals surface area contributed by atoms with Gasteiger partial charge < -0.3 is 20.3 Å². The third-order valence-corrected chi connectivity index (χ3v) is 8.65. The average molecular weight is 627 g/mol. The number of likely N-dealkylation sites (tertiary alicyclic amines) is 1. The minimum atomic E-state index is -1.10. The summed E-state index contributed by atoms with van der Waals surface area (Å²) in [5.41, 5.74) is 1.27. The van der Waals surface area contributed by atoms with Gasteiger partial charge in [-0.3, -0.25) is 14.5 Å². The fraction of sp³-hybridized carbons (Fsp3) is 0.447. The van der Waals surface area contributed by atoms with Crippen LogP contribution in [0.4, 0.5) is 4.79 Å². The molecule has 1 unspecified atom stereocenters. The van der Waals surface area contributed by atoms with Crippen LogP contribution < -0.4 is 10.6 Å². The van der Waals surface area contributed by atoms with E-state index in [2.05, 4.69) is 27.7 Å². The van der Waals surface area contributed by atoms with Crippen LogP contribution in [-0.2, 0) is 33.8 Å². The second-order valence-electron chi connectivity index (χ2n) is 13.3. The van der Waals surface area contributed by atoms with Gasteiger partial charge in [-0.2, -0.15) is 0 Å². The van der Waals surface area contributed by atoms with E-state index in [1.54, 1.807) is 25.7 Å². The number of carbonyl (C=O) groups is 3. The predicted molar refractivity (Wildman–Crippen MR) is 182 cm³/mol. The van der Waals surface area contributed by atoms with Crippen molar-refractivity contribution in [1.29, 1.82) is 0 Å². The molecule has 246 valence electrons. The second-order valence-corrected chi connectivity index (χ2v) is 13.3. The monoisotopic (exact) mass is 626 g/mol. The first-order chi connectivity index (χ1) is 22.0. The Labute approximate surface area is 274 Å². The smallest absolute Gasteiger partial charge is 0.408 e. The number of amides is 3. The molecule has 2 N–H and O–H groups in total. The summed E-state index contributed by atoms with van der Waals surface area (Å²) >= 11 is 0. The first-order valence-electron chi connectivity index (χ1n) is 16.5. The Morgan fingerprint density at radius 3 is 1.89 bits per heavy atom. The molecule has 2 atom stereocenters. The van der Waals surface area contributed by atoms with Crippen molar-refractivity contribution in [2.24, 2.45) is 0 Å². The molecule has 1 aliphatic rings. The second kappa shape index (κ2) is 15.9. The Morgan fingerprint density at radius 1 is 0.848 bits per heavy atom. The van der Waals surface area contributed by atoms with Crippen molar-refractivity contribution in [3.63, 3.8) is 0 Å². The molecule has 1 fully saturated rings. The molecule has 1 aliphatic heterocycles. The summed E-state index contributed by atoms with van der Waals surface area (Å²) in [4.78, 5) is 46.6. The van der Waals surface area contributed by atoms with E-state index in [4.69, 9.17) is 4.74 Å². The number of alkyl carbamates (subject to hydrolysis) is 1. The highest BCUT2D eigenvalue weighted by molar-refractivity contribution is 5.94. The van der Waals surface area contributed by atoms with E-state index in [1.807, 2.05) is 92.7 Å². The van der Waals surface area contributed by atoms with Gasteiger partial charge in [0.15, 0.2) is 0 Å². The summed E-state index contributed by atoms with van der Waals surface area (Å²) in [5.74, 6) is -0.449. The molecule has 3 aromatic carbocycles. The summed E-state index contributed by atoms with van der Waals surface area (Å²) in [6.07, 6.45) is 1.21. The summed E-state index contributed by atoms with van der Waals surface area (Å²) in [7, 11) is 0. The summed E-state index contributed by atoms with van der Waals surface area (Å²) in [5, 5.41) is 6.07. The van der Waals surface area contributed by atoms with E-state index in [0.29, 0.717) is 38.9 Å². The maximum absolute atomic E-state index is 14.9. The normalized spacial score (nSPS) is 16.1. The highest BCUT2D eigenvalue weighted by Gasteiger charge is 2.51. The molecule has 0 saturated carbocycles. The van der Waals surface area contributed by atoms with Crippen molar-refractivity contribution in [2.75, 3.05) is 13.1 Å². The number of piperidine rings is 1. The van der Waals surface area contributed by atoms with Crippen LogP contribution in [0.15, 0.2) is 91.0 Å². The zero-order valence-corrected chi connectivity index (χ0v) is 28.0. The molecule has 3 amide bonds. The Hall–Kier alpha value is -4.17. The van der Waals surface area contributed by atoms with Crippen LogP contribution in [0, 0.1) is 0 Å². The number of hydrogen-bond donors (Lipinski definition) is 2. The van der Waals surface area contributed by atoms with Gasteiger partial charge in [0.1, 0.15) is 17.2 Å². The number of carbonyl (C=O) groups excluding carboxylic acids is 3. The van der Waals surface area contributed by atoms with E-state index in [9.17, 15) is 14.4 Å². The van der Waals surface area contributed by atoms with Crippen LogP contribution in [0.25, 0.3) is 0 Å². The molecule has 8 nitrogen and oxygen atoms in total. The molecule has 46 heavy (non-hydrogen) atoms. The molecule has 0 spiro atoms. The third kappa shape index (κ3) is 9.42. The van der Waals surface area contributed by atoms with Gasteiger partial charge in [-0.15, -0.1) is 0 Å². The van der Waals surface area contributed by atoms with Gasteiger partial charge in [0.05, 0.1) is 0 Å². The van der Waals surface area contributed by atoms with E-state index in [1.165, 1.54) is 5.56 Å². The minimum absolute atomic E-state index is 0.167. The van der Waals surface area contributed by atoms with Gasteiger partial charge in [0.2, 0.25) is 11.8 Å². The lowest BCUT2D eigenvalue weighted by Gasteiger charge is -2.50. The number of benzene rings is 3. The van der Waals surface area contributed by atoms with Gasteiger partial charge >= 0.3 is 6.09 Å². The van der Waals surface area contributed by atoms with E-state index >= 15 is 0 Å². The molecule has 0 radical (unpaired) electrons. The topological polar surface area (TPSA) is 91.0 Å². The highest BCUT2D eigenvalue weighted by Crippen LogP contribution is 2.34. The van der Waals surface area contributed by atoms with Gasteiger partial charge in [0.25, 0.3) is 0 Å². The van der Waals surface area contributed by atoms with Gasteiger partial charge in [-0.25, -0.2) is 4.79 Å². The van der Waals surface area contributed by atoms with Crippen LogP contribution in [0.2, 0.25) is 0 Å². The number of ether oxygens (including phenoxy) is 1. The SMILES string of the molecule is CCC(C)N(C(=O)[C@H](Cc1ccccc1)NC(=O)OC(C)(C)C)C1(C(=O)NCc2ccccc2)CCN(Cc2ccccc2)CC1. The Bertz CT molecular complexity index is 1400. The first kappa shape index (κ1) is 34.7. The minimum Gasteiger partial charge on any atom is -0.444 e. The van der Waals surface area contributed by atoms with E-state index < -0.39 is 23.3 Å². The lowest BCUT2D eigenvalue weighted by atomic mass is 9.82. The van der Waals surface area contributed by atoms with Crippen LogP contribution in [0.5, 0.6) is 0 Å². The number of rotatable bonds is 12. The molecule has 0 aromatic heterocycles. The zero-order chi connectivity index (χ0) is 33.2. The molecule has 1 saturated heterocycles. The number of nitrogens with one attached hydrogen (secondary N) is 2. The number of hydrogen-bond acceptors (Lipinski definition) is 5. The van der Waals surface area contributed by atoms with Crippen molar-refractivity contribution in [3.8, 4) is 0 Å². The van der Waals surface area contributed by atoms with E-state index in [-0.39, 0.29) is 24.3 Å². The summed E-state index contributed by atoms with van der Waals surface area (Å²) < 4.78 is 5.59. The molecular formula is C38H50N4O4. The quantitative estimate of drug-likeness (QED) is 0.254. The molecule has 8 heteroatoms. The Kier molecular flexibility index (Phi) is 12.0. The largest absolute Gasteiger partial charge is 0.444 e. The maximum atomic E-state index is 14.9. The molecule has 0 bridgehead atoms. The van der Waals surface area contributed by atoms with Gasteiger partial charge in [0, 0.05) is 38.6 Å². The standard InChI is InChI=1S/C38H50N4O4/c1-6-29(2)42(34(43)33(26-30-16-10-7-11-17-30)40-36(45)46-37(3,4)5)38(35(44)39-27-31-18-12-8-13-19-31)22-24-41(25-23-38)28-32-20-14-9-15-21-32/h7-21,29,33H,6,22-28H2,1-5H3,(H,39,44)(H,40,45)/t29?,33-/m0/s1. The highest BCUT2D eigenvalue weighted by atomic mass is 16.6. The predicted octanol–water partition coefficient (Wildman–Crippen LogP) is 6.10. The van der Waals surface area contributed by atoms with Crippen LogP contribution in [0.3, 0.4) is 0 Å². The molecule has 0 aliphatic carbocycles. The lowest BCUT2D eigenvalue weighted by Crippen LogP contribution is -2.69. The molecular weight excluding hydrogens is 576 g/mol. The van der Waals surface area contributed by atoms with Crippen LogP contribution >= 0.6 is 0 Å². The summed E-state index contributed by atoms with van der Waals surface area (Å²) in [6, 6.07) is 28.6. The van der Waals surface area contributed by atoms with Crippen LogP contribution in [-0.4, -0.2) is 64.0 Å². The van der Waals surface area contributed by atoms with Crippen LogP contribution in [0.1, 0.15) is 70.6 Å². The van der Waals surface area contributed by atoms with Crippen molar-refractivity contribution in [2.45, 2.75) is 96.6 Å². The lowest BCUT2D eigenvalue weighted by molar-refractivity contribution is -0.156. The zero-order valence-electron chi connectivity index (χ0n) is 28.0. The van der Waals surface area contributed by atoms with Gasteiger partial charge in [-0.05, 0) is 63.6 Å². The molecule has 4 rings (SSSR count). The Morgan fingerprint density at radius 2 is 1.37 bits per heavy atom. The Balaban J connectivity index is 1.68. The van der Waals surface area contributed by atoms with Gasteiger partial charge in [-0.1, -0.05) is 97.9 Å². The molecule has 1 heterocycles. The number of nitrogens with zero attached hydrogens (tertiary/aromatic N) is 2. The average Bonchev–Trinajstić information content (AvgIpc) is 3.04. The first-order valence-corrected chi connectivity index (χ1v) is 16.5. The fourth-order valence-electron chi connectivity index (χ4n) is 6.14. The third-order valence-electron chi connectivity index (χ3n) is 8.65.